The number of piperidine rings is 1. The number of sulfonamides is 1. The van der Waals surface area contributed by atoms with Crippen LogP contribution >= 0.6 is 0 Å². The van der Waals surface area contributed by atoms with Crippen molar-refractivity contribution >= 4 is 15.8 Å². The van der Waals surface area contributed by atoms with Gasteiger partial charge in [0.25, 0.3) is 0 Å². The van der Waals surface area contributed by atoms with Crippen LogP contribution in [0, 0.1) is 23.7 Å². The number of ketones is 1. The topological polar surface area (TPSA) is 54.5 Å². The first-order valence-electron chi connectivity index (χ1n) is 7.94. The minimum Gasteiger partial charge on any atom is -0.299 e. The van der Waals surface area contributed by atoms with Gasteiger partial charge in [-0.2, -0.15) is 0 Å². The van der Waals surface area contributed by atoms with Crippen LogP contribution in [0.3, 0.4) is 0 Å². The van der Waals surface area contributed by atoms with Gasteiger partial charge in [0.15, 0.2) is 0 Å². The molecule has 114 valence electrons. The van der Waals surface area contributed by atoms with E-state index in [1.807, 2.05) is 0 Å². The number of fused-ring (bicyclic) bond motifs is 1. The molecular weight excluding hydrogens is 274 g/mol. The molecule has 0 amide bonds. The molecule has 5 heteroatoms. The molecule has 2 aliphatic carbocycles. The lowest BCUT2D eigenvalue weighted by Crippen LogP contribution is -2.39. The fourth-order valence-corrected chi connectivity index (χ4v) is 5.33. The maximum Gasteiger partial charge on any atom is 0.211 e. The van der Waals surface area contributed by atoms with Gasteiger partial charge in [-0.15, -0.1) is 0 Å². The highest BCUT2D eigenvalue weighted by molar-refractivity contribution is 7.88. The molecule has 3 fully saturated rings. The predicted octanol–water partition coefficient (Wildman–Crippen LogP) is 2.05. The molecule has 0 aromatic heterocycles. The van der Waals surface area contributed by atoms with Gasteiger partial charge in [0, 0.05) is 25.4 Å². The highest BCUT2D eigenvalue weighted by Gasteiger charge is 2.54. The van der Waals surface area contributed by atoms with Crippen molar-refractivity contribution in [1.29, 1.82) is 0 Å². The molecule has 1 heterocycles. The van der Waals surface area contributed by atoms with Crippen molar-refractivity contribution in [3.63, 3.8) is 0 Å². The largest absolute Gasteiger partial charge is 0.299 e. The Balaban J connectivity index is 1.54. The Kier molecular flexibility index (Phi) is 3.93. The van der Waals surface area contributed by atoms with Gasteiger partial charge < -0.3 is 0 Å². The van der Waals surface area contributed by atoms with E-state index in [4.69, 9.17) is 0 Å². The van der Waals surface area contributed by atoms with Crippen LogP contribution in [0.2, 0.25) is 0 Å². The summed E-state index contributed by atoms with van der Waals surface area (Å²) >= 11 is 0. The number of hydrogen-bond acceptors (Lipinski definition) is 3. The standard InChI is InChI=1S/C15H25NO3S/c1-20(18,19)16-8-4-5-11(10-16)9-14(17)15-12-6-2-3-7-13(12)15/h11-13,15H,2-10H2,1H3. The van der Waals surface area contributed by atoms with Crippen molar-refractivity contribution in [2.45, 2.75) is 44.9 Å². The van der Waals surface area contributed by atoms with E-state index in [0.717, 1.165) is 12.8 Å². The van der Waals surface area contributed by atoms with E-state index in [2.05, 4.69) is 0 Å². The van der Waals surface area contributed by atoms with Crippen LogP contribution < -0.4 is 0 Å². The lowest BCUT2D eigenvalue weighted by molar-refractivity contribution is -0.122. The third-order valence-corrected chi connectivity index (χ3v) is 6.74. The molecule has 0 radical (unpaired) electrons. The van der Waals surface area contributed by atoms with Crippen molar-refractivity contribution in [3.8, 4) is 0 Å². The van der Waals surface area contributed by atoms with Crippen LogP contribution in [0.5, 0.6) is 0 Å². The molecule has 4 nitrogen and oxygen atoms in total. The first-order chi connectivity index (χ1) is 9.47. The second kappa shape index (κ2) is 5.41. The van der Waals surface area contributed by atoms with Crippen molar-refractivity contribution in [3.05, 3.63) is 0 Å². The van der Waals surface area contributed by atoms with Crippen LogP contribution in [0.25, 0.3) is 0 Å². The number of hydrogen-bond donors (Lipinski definition) is 0. The Morgan fingerprint density at radius 3 is 2.35 bits per heavy atom. The second-order valence-corrected chi connectivity index (χ2v) is 8.92. The fraction of sp³-hybridized carbons (Fsp3) is 0.933. The zero-order valence-electron chi connectivity index (χ0n) is 12.3. The lowest BCUT2D eigenvalue weighted by atomic mass is 9.92. The van der Waals surface area contributed by atoms with Crippen molar-refractivity contribution in [1.82, 2.24) is 4.31 Å². The van der Waals surface area contributed by atoms with Crippen LogP contribution in [-0.4, -0.2) is 37.9 Å². The Morgan fingerprint density at radius 1 is 1.10 bits per heavy atom. The fourth-order valence-electron chi connectivity index (χ4n) is 4.39. The maximum atomic E-state index is 12.4. The van der Waals surface area contributed by atoms with Gasteiger partial charge in [-0.05, 0) is 43.4 Å². The second-order valence-electron chi connectivity index (χ2n) is 6.94. The van der Waals surface area contributed by atoms with Gasteiger partial charge in [0.1, 0.15) is 5.78 Å². The molecule has 3 aliphatic rings. The van der Waals surface area contributed by atoms with Crippen LogP contribution in [0.15, 0.2) is 0 Å². The summed E-state index contributed by atoms with van der Waals surface area (Å²) in [5, 5.41) is 0. The van der Waals surface area contributed by atoms with Gasteiger partial charge in [-0.25, -0.2) is 12.7 Å². The number of Topliss-reactive ketones (excluding diaryl/α,β-unsaturated/α-hetero) is 1. The Morgan fingerprint density at radius 2 is 1.75 bits per heavy atom. The summed E-state index contributed by atoms with van der Waals surface area (Å²) < 4.78 is 24.8. The molecule has 3 unspecified atom stereocenters. The van der Waals surface area contributed by atoms with Gasteiger partial charge >= 0.3 is 0 Å². The molecule has 1 saturated heterocycles. The Bertz CT molecular complexity index is 475. The first kappa shape index (κ1) is 14.5. The Labute approximate surface area is 122 Å². The summed E-state index contributed by atoms with van der Waals surface area (Å²) in [6, 6.07) is 0. The molecule has 0 N–H and O–H groups in total. The number of carbonyl (C=O) groups excluding carboxylic acids is 1. The van der Waals surface area contributed by atoms with Crippen LogP contribution in [-0.2, 0) is 14.8 Å². The van der Waals surface area contributed by atoms with E-state index in [1.54, 1.807) is 4.31 Å². The van der Waals surface area contributed by atoms with Gasteiger partial charge in [-0.3, -0.25) is 4.79 Å². The molecule has 3 rings (SSSR count). The molecule has 2 saturated carbocycles. The molecule has 0 aromatic rings. The maximum absolute atomic E-state index is 12.4. The zero-order valence-corrected chi connectivity index (χ0v) is 13.1. The molecule has 20 heavy (non-hydrogen) atoms. The van der Waals surface area contributed by atoms with Gasteiger partial charge in [-0.1, -0.05) is 12.8 Å². The Hall–Kier alpha value is -0.420. The first-order valence-corrected chi connectivity index (χ1v) is 9.79. The average Bonchev–Trinajstić information content (AvgIpc) is 3.12. The normalized spacial score (nSPS) is 38.2. The van der Waals surface area contributed by atoms with E-state index in [1.165, 1.54) is 31.9 Å². The summed E-state index contributed by atoms with van der Waals surface area (Å²) in [5.74, 6) is 2.33. The van der Waals surface area contributed by atoms with Gasteiger partial charge in [0.05, 0.1) is 6.26 Å². The summed E-state index contributed by atoms with van der Waals surface area (Å²) in [5.41, 5.74) is 0. The van der Waals surface area contributed by atoms with Crippen molar-refractivity contribution < 1.29 is 13.2 Å². The third kappa shape index (κ3) is 2.93. The molecule has 0 spiro atoms. The van der Waals surface area contributed by atoms with Gasteiger partial charge in [0.2, 0.25) is 10.0 Å². The predicted molar refractivity (Wildman–Crippen MR) is 77.7 cm³/mol. The minimum atomic E-state index is -3.10. The van der Waals surface area contributed by atoms with E-state index >= 15 is 0 Å². The number of rotatable bonds is 4. The highest BCUT2D eigenvalue weighted by Crippen LogP contribution is 2.56. The van der Waals surface area contributed by atoms with E-state index in [-0.39, 0.29) is 5.92 Å². The molecule has 3 atom stereocenters. The molecule has 1 aliphatic heterocycles. The monoisotopic (exact) mass is 299 g/mol. The molecule has 0 bridgehead atoms. The van der Waals surface area contributed by atoms with Crippen molar-refractivity contribution in [2.24, 2.45) is 23.7 Å². The van der Waals surface area contributed by atoms with E-state index in [9.17, 15) is 13.2 Å². The van der Waals surface area contributed by atoms with Crippen LogP contribution in [0.1, 0.15) is 44.9 Å². The summed E-state index contributed by atoms with van der Waals surface area (Å²) in [4.78, 5) is 12.4. The third-order valence-electron chi connectivity index (χ3n) is 5.47. The van der Waals surface area contributed by atoms with Crippen LogP contribution in [0.4, 0.5) is 0 Å². The quantitative estimate of drug-likeness (QED) is 0.798. The molecule has 0 aromatic carbocycles. The number of carbonyl (C=O) groups is 1. The lowest BCUT2D eigenvalue weighted by Gasteiger charge is -2.30. The number of nitrogens with zero attached hydrogens (tertiary/aromatic N) is 1. The SMILES string of the molecule is CS(=O)(=O)N1CCCC(CC(=O)C2C3CCCCC32)C1. The summed E-state index contributed by atoms with van der Waals surface area (Å²) in [6.45, 7) is 1.17. The minimum absolute atomic E-state index is 0.244. The van der Waals surface area contributed by atoms with Crippen molar-refractivity contribution in [2.75, 3.05) is 19.3 Å². The summed E-state index contributed by atoms with van der Waals surface area (Å²) in [6.07, 6.45) is 8.81. The smallest absolute Gasteiger partial charge is 0.211 e. The average molecular weight is 299 g/mol. The zero-order chi connectivity index (χ0) is 14.3. The summed E-state index contributed by atoms with van der Waals surface area (Å²) in [7, 11) is -3.10. The molecular formula is C15H25NO3S. The van der Waals surface area contributed by atoms with E-state index in [0.29, 0.717) is 43.0 Å². The highest BCUT2D eigenvalue weighted by atomic mass is 32.2. The van der Waals surface area contributed by atoms with E-state index < -0.39 is 10.0 Å².